The van der Waals surface area contributed by atoms with Gasteiger partial charge in [-0.15, -0.1) is 0 Å². The normalized spacial score (nSPS) is 19.5. The van der Waals surface area contributed by atoms with Gasteiger partial charge < -0.3 is 10.6 Å². The van der Waals surface area contributed by atoms with E-state index in [9.17, 15) is 0 Å². The average Bonchev–Trinajstić information content (AvgIpc) is 2.38. The molecule has 0 amide bonds. The molecule has 1 aliphatic rings. The first-order valence-electron chi connectivity index (χ1n) is 7.35. The average molecular weight is 261 g/mol. The molecule has 0 aliphatic carbocycles. The van der Waals surface area contributed by atoms with Gasteiger partial charge in [-0.25, -0.2) is 4.98 Å². The molecule has 0 spiro atoms. The molecule has 1 atom stereocenters. The molecular formula is C16H27N3. The van der Waals surface area contributed by atoms with Gasteiger partial charge in [0.15, 0.2) is 0 Å². The fourth-order valence-corrected chi connectivity index (χ4v) is 2.99. The number of nitrogens with zero attached hydrogens (tertiary/aromatic N) is 2. The van der Waals surface area contributed by atoms with E-state index in [-0.39, 0.29) is 6.04 Å². The second-order valence-corrected chi connectivity index (χ2v) is 6.83. The zero-order valence-corrected chi connectivity index (χ0v) is 12.7. The van der Waals surface area contributed by atoms with Crippen molar-refractivity contribution in [3.05, 3.63) is 23.9 Å². The van der Waals surface area contributed by atoms with Gasteiger partial charge in [-0.3, -0.25) is 0 Å². The van der Waals surface area contributed by atoms with Gasteiger partial charge in [0.05, 0.1) is 0 Å². The van der Waals surface area contributed by atoms with Crippen LogP contribution in [-0.2, 0) is 0 Å². The highest BCUT2D eigenvalue weighted by atomic mass is 15.2. The maximum atomic E-state index is 6.05. The molecule has 2 rings (SSSR count). The fraction of sp³-hybridized carbons (Fsp3) is 0.688. The van der Waals surface area contributed by atoms with E-state index >= 15 is 0 Å². The molecule has 0 radical (unpaired) electrons. The van der Waals surface area contributed by atoms with Gasteiger partial charge in [0.2, 0.25) is 0 Å². The second-order valence-electron chi connectivity index (χ2n) is 6.83. The first-order chi connectivity index (χ1) is 8.89. The molecule has 1 aromatic rings. The summed E-state index contributed by atoms with van der Waals surface area (Å²) >= 11 is 0. The third-order valence-electron chi connectivity index (χ3n) is 4.33. The van der Waals surface area contributed by atoms with E-state index < -0.39 is 0 Å². The van der Waals surface area contributed by atoms with Crippen LogP contribution in [-0.4, -0.2) is 18.1 Å². The summed E-state index contributed by atoms with van der Waals surface area (Å²) in [5, 5.41) is 0. The van der Waals surface area contributed by atoms with Gasteiger partial charge in [0.25, 0.3) is 0 Å². The van der Waals surface area contributed by atoms with Crippen LogP contribution >= 0.6 is 0 Å². The molecule has 1 fully saturated rings. The minimum absolute atomic E-state index is 0.0454. The van der Waals surface area contributed by atoms with E-state index in [0.717, 1.165) is 30.4 Å². The third kappa shape index (κ3) is 3.27. The van der Waals surface area contributed by atoms with Crippen LogP contribution in [0.2, 0.25) is 0 Å². The summed E-state index contributed by atoms with van der Waals surface area (Å²) in [4.78, 5) is 6.96. The number of pyridine rings is 1. The lowest BCUT2D eigenvalue weighted by atomic mass is 9.75. The molecule has 0 saturated carbocycles. The highest BCUT2D eigenvalue weighted by Crippen LogP contribution is 2.36. The van der Waals surface area contributed by atoms with Gasteiger partial charge >= 0.3 is 0 Å². The largest absolute Gasteiger partial charge is 0.356 e. The zero-order valence-electron chi connectivity index (χ0n) is 12.7. The predicted molar refractivity (Wildman–Crippen MR) is 81.2 cm³/mol. The zero-order chi connectivity index (χ0) is 14.0. The highest BCUT2D eigenvalue weighted by molar-refractivity contribution is 5.48. The Balaban J connectivity index is 2.10. The van der Waals surface area contributed by atoms with Gasteiger partial charge in [0, 0.05) is 30.9 Å². The number of anilines is 1. The summed E-state index contributed by atoms with van der Waals surface area (Å²) in [6, 6.07) is 4.12. The highest BCUT2D eigenvalue weighted by Gasteiger charge is 2.29. The van der Waals surface area contributed by atoms with E-state index in [1.54, 1.807) is 0 Å². The van der Waals surface area contributed by atoms with Crippen molar-refractivity contribution in [2.45, 2.75) is 46.6 Å². The van der Waals surface area contributed by atoms with Crippen LogP contribution in [0.25, 0.3) is 0 Å². The Hall–Kier alpha value is -1.09. The lowest BCUT2D eigenvalue weighted by molar-refractivity contribution is 0.198. The quantitative estimate of drug-likeness (QED) is 0.887. The van der Waals surface area contributed by atoms with Crippen molar-refractivity contribution >= 4 is 5.82 Å². The van der Waals surface area contributed by atoms with Crippen LogP contribution in [0.15, 0.2) is 18.3 Å². The maximum Gasteiger partial charge on any atom is 0.133 e. The number of hydrogen-bond donors (Lipinski definition) is 1. The Kier molecular flexibility index (Phi) is 4.14. The SMILES string of the molecule is C[C@@H](N)c1cccnc1N1CCC(C(C)(C)C)CC1. The topological polar surface area (TPSA) is 42.1 Å². The first-order valence-corrected chi connectivity index (χ1v) is 7.35. The van der Waals surface area contributed by atoms with Crippen LogP contribution in [0.3, 0.4) is 0 Å². The number of piperidine rings is 1. The van der Waals surface area contributed by atoms with Crippen molar-refractivity contribution in [3.8, 4) is 0 Å². The van der Waals surface area contributed by atoms with Gasteiger partial charge in [-0.05, 0) is 37.2 Å². The summed E-state index contributed by atoms with van der Waals surface area (Å²) < 4.78 is 0. The van der Waals surface area contributed by atoms with E-state index in [1.165, 1.54) is 12.8 Å². The lowest BCUT2D eigenvalue weighted by Crippen LogP contribution is -2.39. The number of hydrogen-bond acceptors (Lipinski definition) is 3. The molecule has 1 aliphatic heterocycles. The van der Waals surface area contributed by atoms with Crippen LogP contribution in [0, 0.1) is 11.3 Å². The fourth-order valence-electron chi connectivity index (χ4n) is 2.99. The Morgan fingerprint density at radius 2 is 1.95 bits per heavy atom. The van der Waals surface area contributed by atoms with Crippen molar-refractivity contribution in [1.29, 1.82) is 0 Å². The van der Waals surface area contributed by atoms with E-state index in [4.69, 9.17) is 5.73 Å². The number of nitrogens with two attached hydrogens (primary N) is 1. The van der Waals surface area contributed by atoms with Crippen LogP contribution < -0.4 is 10.6 Å². The summed E-state index contributed by atoms with van der Waals surface area (Å²) in [7, 11) is 0. The molecule has 19 heavy (non-hydrogen) atoms. The Labute approximate surface area is 117 Å². The van der Waals surface area contributed by atoms with Crippen LogP contribution in [0.5, 0.6) is 0 Å². The van der Waals surface area contributed by atoms with Crippen molar-refractivity contribution in [2.24, 2.45) is 17.1 Å². The number of aromatic nitrogens is 1. The second kappa shape index (κ2) is 5.49. The van der Waals surface area contributed by atoms with E-state index in [0.29, 0.717) is 5.41 Å². The van der Waals surface area contributed by atoms with Crippen molar-refractivity contribution in [1.82, 2.24) is 4.98 Å². The van der Waals surface area contributed by atoms with Crippen molar-refractivity contribution < 1.29 is 0 Å². The van der Waals surface area contributed by atoms with Gasteiger partial charge in [-0.2, -0.15) is 0 Å². The summed E-state index contributed by atoms with van der Waals surface area (Å²) in [5.41, 5.74) is 7.63. The summed E-state index contributed by atoms with van der Waals surface area (Å²) in [6.07, 6.45) is 4.37. The predicted octanol–water partition coefficient (Wildman–Crippen LogP) is 3.36. The van der Waals surface area contributed by atoms with Gasteiger partial charge in [-0.1, -0.05) is 26.8 Å². The molecule has 1 aromatic heterocycles. The molecular weight excluding hydrogens is 234 g/mol. The molecule has 2 heterocycles. The Bertz CT molecular complexity index is 412. The van der Waals surface area contributed by atoms with Crippen LogP contribution in [0.1, 0.15) is 52.1 Å². The molecule has 3 heteroatoms. The monoisotopic (exact) mass is 261 g/mol. The Morgan fingerprint density at radius 1 is 1.32 bits per heavy atom. The minimum atomic E-state index is 0.0454. The molecule has 1 saturated heterocycles. The van der Waals surface area contributed by atoms with E-state index in [2.05, 4.69) is 36.7 Å². The van der Waals surface area contributed by atoms with Crippen molar-refractivity contribution in [3.63, 3.8) is 0 Å². The van der Waals surface area contributed by atoms with Crippen LogP contribution in [0.4, 0.5) is 5.82 Å². The molecule has 106 valence electrons. The molecule has 0 aromatic carbocycles. The molecule has 0 bridgehead atoms. The minimum Gasteiger partial charge on any atom is -0.356 e. The summed E-state index contributed by atoms with van der Waals surface area (Å²) in [5.74, 6) is 1.90. The first kappa shape index (κ1) is 14.3. The molecule has 0 unspecified atom stereocenters. The van der Waals surface area contributed by atoms with E-state index in [1.807, 2.05) is 19.2 Å². The standard InChI is InChI=1S/C16H27N3/c1-12(17)14-6-5-9-18-15(14)19-10-7-13(8-11-19)16(2,3)4/h5-6,9,12-13H,7-8,10-11,17H2,1-4H3/t12-/m1/s1. The molecule has 2 N–H and O–H groups in total. The maximum absolute atomic E-state index is 6.05. The van der Waals surface area contributed by atoms with Crippen molar-refractivity contribution in [2.75, 3.05) is 18.0 Å². The molecule has 3 nitrogen and oxygen atoms in total. The van der Waals surface area contributed by atoms with Gasteiger partial charge in [0.1, 0.15) is 5.82 Å². The number of rotatable bonds is 2. The smallest absolute Gasteiger partial charge is 0.133 e. The Morgan fingerprint density at radius 3 is 2.47 bits per heavy atom. The lowest BCUT2D eigenvalue weighted by Gasteiger charge is -2.40. The third-order valence-corrected chi connectivity index (χ3v) is 4.33. The summed E-state index contributed by atoms with van der Waals surface area (Å²) in [6.45, 7) is 11.3.